The van der Waals surface area contributed by atoms with E-state index in [9.17, 15) is 0 Å². The van der Waals surface area contributed by atoms with E-state index < -0.39 is 0 Å². The van der Waals surface area contributed by atoms with Gasteiger partial charge in [0.15, 0.2) is 11.8 Å². The Morgan fingerprint density at radius 2 is 1.76 bits per heavy atom. The van der Waals surface area contributed by atoms with E-state index in [2.05, 4.69) is 80.0 Å². The van der Waals surface area contributed by atoms with Gasteiger partial charge in [0.25, 0.3) is 0 Å². The van der Waals surface area contributed by atoms with Crippen LogP contribution in [0.1, 0.15) is 30.7 Å². The van der Waals surface area contributed by atoms with E-state index in [1.54, 1.807) is 0 Å². The number of benzene rings is 1. The quantitative estimate of drug-likeness (QED) is 0.500. The molecule has 0 aliphatic carbocycles. The third-order valence-electron chi connectivity index (χ3n) is 4.99. The molecule has 0 atom stereocenters. The largest absolute Gasteiger partial charge is 0.437 e. The SMILES string of the molecule is CCc1ccc(-c2c(C)ccc3c2oc2nc(CC)ccc23)[n+](C)c1. The Morgan fingerprint density at radius 1 is 0.960 bits per heavy atom. The van der Waals surface area contributed by atoms with Gasteiger partial charge < -0.3 is 4.42 Å². The summed E-state index contributed by atoms with van der Waals surface area (Å²) in [5.74, 6) is 0. The number of rotatable bonds is 3. The number of hydrogen-bond donors (Lipinski definition) is 0. The fourth-order valence-corrected chi connectivity index (χ4v) is 3.51. The van der Waals surface area contributed by atoms with Gasteiger partial charge in [-0.1, -0.05) is 26.0 Å². The fourth-order valence-electron chi connectivity index (χ4n) is 3.51. The standard InChI is InChI=1S/C22H23N2O/c1-5-15-8-12-19(24(4)13-15)20-14(3)7-10-17-18-11-9-16(6-2)23-22(18)25-21(17)20/h7-13H,5-6H2,1-4H3/q+1. The first-order chi connectivity index (χ1) is 12.1. The third kappa shape index (κ3) is 2.51. The molecule has 0 aliphatic heterocycles. The average molecular weight is 331 g/mol. The van der Waals surface area contributed by atoms with Crippen molar-refractivity contribution < 1.29 is 8.98 Å². The van der Waals surface area contributed by atoms with E-state index in [0.717, 1.165) is 51.9 Å². The van der Waals surface area contributed by atoms with Crippen LogP contribution in [-0.4, -0.2) is 4.98 Å². The summed E-state index contributed by atoms with van der Waals surface area (Å²) in [7, 11) is 2.10. The van der Waals surface area contributed by atoms with Crippen molar-refractivity contribution in [3.05, 3.63) is 59.4 Å². The Bertz CT molecular complexity index is 1090. The molecular formula is C22H23N2O+. The summed E-state index contributed by atoms with van der Waals surface area (Å²) in [6.07, 6.45) is 4.14. The van der Waals surface area contributed by atoms with Crippen LogP contribution in [0.25, 0.3) is 33.3 Å². The summed E-state index contributed by atoms with van der Waals surface area (Å²) < 4.78 is 8.44. The van der Waals surface area contributed by atoms with Gasteiger partial charge in [-0.2, -0.15) is 0 Å². The van der Waals surface area contributed by atoms with E-state index in [1.165, 1.54) is 11.1 Å². The predicted molar refractivity (Wildman–Crippen MR) is 102 cm³/mol. The maximum Gasteiger partial charge on any atom is 0.227 e. The lowest BCUT2D eigenvalue weighted by molar-refractivity contribution is -0.660. The van der Waals surface area contributed by atoms with Gasteiger partial charge >= 0.3 is 0 Å². The number of furan rings is 1. The van der Waals surface area contributed by atoms with Crippen molar-refractivity contribution in [3.63, 3.8) is 0 Å². The molecule has 25 heavy (non-hydrogen) atoms. The molecule has 0 saturated heterocycles. The minimum Gasteiger partial charge on any atom is -0.437 e. The summed E-state index contributed by atoms with van der Waals surface area (Å²) in [5.41, 5.74) is 7.57. The zero-order chi connectivity index (χ0) is 17.6. The molecule has 0 N–H and O–H groups in total. The highest BCUT2D eigenvalue weighted by molar-refractivity contribution is 6.08. The fraction of sp³-hybridized carbons (Fsp3) is 0.273. The lowest BCUT2D eigenvalue weighted by atomic mass is 10.0. The lowest BCUT2D eigenvalue weighted by Crippen LogP contribution is -2.31. The van der Waals surface area contributed by atoms with Gasteiger partial charge in [-0.15, -0.1) is 0 Å². The predicted octanol–water partition coefficient (Wildman–Crippen LogP) is 4.91. The van der Waals surface area contributed by atoms with Crippen molar-refractivity contribution in [2.24, 2.45) is 7.05 Å². The third-order valence-corrected chi connectivity index (χ3v) is 4.99. The topological polar surface area (TPSA) is 29.9 Å². The van der Waals surface area contributed by atoms with Crippen molar-refractivity contribution in [3.8, 4) is 11.3 Å². The van der Waals surface area contributed by atoms with E-state index in [4.69, 9.17) is 4.42 Å². The van der Waals surface area contributed by atoms with Crippen molar-refractivity contribution >= 4 is 22.1 Å². The van der Waals surface area contributed by atoms with Gasteiger partial charge in [0, 0.05) is 28.1 Å². The maximum atomic E-state index is 6.25. The first kappa shape index (κ1) is 15.8. The van der Waals surface area contributed by atoms with Crippen LogP contribution < -0.4 is 4.57 Å². The number of pyridine rings is 2. The molecule has 3 heterocycles. The highest BCUT2D eigenvalue weighted by Gasteiger charge is 2.21. The van der Waals surface area contributed by atoms with E-state index in [1.807, 2.05) is 0 Å². The molecule has 0 bridgehead atoms. The van der Waals surface area contributed by atoms with Crippen LogP contribution in [0.2, 0.25) is 0 Å². The molecule has 3 aromatic heterocycles. The molecule has 0 saturated carbocycles. The Hall–Kier alpha value is -2.68. The molecule has 0 aliphatic rings. The highest BCUT2D eigenvalue weighted by atomic mass is 16.3. The number of nitrogens with zero attached hydrogens (tertiary/aromatic N) is 2. The minimum atomic E-state index is 0.731. The van der Waals surface area contributed by atoms with Gasteiger partial charge in [-0.25, -0.2) is 9.55 Å². The molecule has 1 aromatic carbocycles. The summed E-state index contributed by atoms with van der Waals surface area (Å²) in [6.45, 7) is 6.43. The number of aromatic nitrogens is 2. The van der Waals surface area contributed by atoms with Crippen LogP contribution in [0.5, 0.6) is 0 Å². The molecule has 3 nitrogen and oxygen atoms in total. The summed E-state index contributed by atoms with van der Waals surface area (Å²) >= 11 is 0. The number of fused-ring (bicyclic) bond motifs is 3. The second-order valence-electron chi connectivity index (χ2n) is 6.63. The highest BCUT2D eigenvalue weighted by Crippen LogP contribution is 2.36. The molecule has 0 spiro atoms. The van der Waals surface area contributed by atoms with Crippen molar-refractivity contribution in [1.82, 2.24) is 4.98 Å². The molecule has 0 radical (unpaired) electrons. The van der Waals surface area contributed by atoms with E-state index >= 15 is 0 Å². The Kier molecular flexibility index (Phi) is 3.79. The first-order valence-electron chi connectivity index (χ1n) is 8.93. The Morgan fingerprint density at radius 3 is 2.48 bits per heavy atom. The van der Waals surface area contributed by atoms with E-state index in [-0.39, 0.29) is 0 Å². The van der Waals surface area contributed by atoms with E-state index in [0.29, 0.717) is 0 Å². The van der Waals surface area contributed by atoms with Crippen LogP contribution in [0.15, 0.2) is 47.0 Å². The zero-order valence-electron chi connectivity index (χ0n) is 15.3. The van der Waals surface area contributed by atoms with Crippen molar-refractivity contribution in [2.45, 2.75) is 33.6 Å². The monoisotopic (exact) mass is 331 g/mol. The smallest absolute Gasteiger partial charge is 0.227 e. The molecular weight excluding hydrogens is 308 g/mol. The first-order valence-corrected chi connectivity index (χ1v) is 8.93. The van der Waals surface area contributed by atoms with Crippen LogP contribution in [0.4, 0.5) is 0 Å². The number of aryl methyl sites for hydroxylation is 4. The second-order valence-corrected chi connectivity index (χ2v) is 6.63. The Labute approximate surface area is 147 Å². The minimum absolute atomic E-state index is 0.731. The van der Waals surface area contributed by atoms with Gasteiger partial charge in [0.2, 0.25) is 11.4 Å². The second kappa shape index (κ2) is 5.99. The van der Waals surface area contributed by atoms with Crippen LogP contribution in [0.3, 0.4) is 0 Å². The van der Waals surface area contributed by atoms with Crippen molar-refractivity contribution in [1.29, 1.82) is 0 Å². The van der Waals surface area contributed by atoms with Gasteiger partial charge in [0.05, 0.1) is 5.56 Å². The van der Waals surface area contributed by atoms with Crippen LogP contribution in [0, 0.1) is 6.92 Å². The summed E-state index contributed by atoms with van der Waals surface area (Å²) in [4.78, 5) is 4.67. The van der Waals surface area contributed by atoms with Gasteiger partial charge in [0.1, 0.15) is 7.05 Å². The molecule has 0 fully saturated rings. The molecule has 3 heteroatoms. The van der Waals surface area contributed by atoms with Gasteiger partial charge in [-0.3, -0.25) is 0 Å². The number of hydrogen-bond acceptors (Lipinski definition) is 2. The lowest BCUT2D eigenvalue weighted by Gasteiger charge is -2.06. The van der Waals surface area contributed by atoms with Crippen molar-refractivity contribution in [2.75, 3.05) is 0 Å². The van der Waals surface area contributed by atoms with Gasteiger partial charge in [-0.05, 0) is 43.5 Å². The molecule has 4 rings (SSSR count). The summed E-state index contributed by atoms with van der Waals surface area (Å²) in [6, 6.07) is 12.9. The molecule has 0 unspecified atom stereocenters. The maximum absolute atomic E-state index is 6.25. The average Bonchev–Trinajstić information content (AvgIpc) is 2.99. The van der Waals surface area contributed by atoms with Crippen LogP contribution in [-0.2, 0) is 19.9 Å². The zero-order valence-corrected chi connectivity index (χ0v) is 15.3. The molecule has 126 valence electrons. The Balaban J connectivity index is 2.04. The molecule has 0 amide bonds. The molecule has 4 aromatic rings. The summed E-state index contributed by atoms with van der Waals surface area (Å²) in [5, 5.41) is 2.21. The normalized spacial score (nSPS) is 11.5. The van der Waals surface area contributed by atoms with Crippen LogP contribution >= 0.6 is 0 Å².